The van der Waals surface area contributed by atoms with Gasteiger partial charge in [-0.1, -0.05) is 39.0 Å². The molecule has 0 fully saturated rings. The van der Waals surface area contributed by atoms with Crippen LogP contribution in [-0.4, -0.2) is 18.6 Å². The molecule has 0 radical (unpaired) electrons. The number of fused-ring (bicyclic) bond motifs is 1. The van der Waals surface area contributed by atoms with Gasteiger partial charge in [-0.05, 0) is 34.1 Å². The van der Waals surface area contributed by atoms with E-state index >= 15 is 0 Å². The molecular formula is C18H21NO2S. The molecule has 4 heteroatoms. The molecule has 0 saturated heterocycles. The summed E-state index contributed by atoms with van der Waals surface area (Å²) in [5.41, 5.74) is 2.70. The van der Waals surface area contributed by atoms with E-state index in [1.165, 1.54) is 22.5 Å². The van der Waals surface area contributed by atoms with E-state index in [0.29, 0.717) is 6.54 Å². The SMILES string of the molecule is CC(C)(C)c1ccc2c(c1)CC(CNC(=O)c1cccs1)O2. The van der Waals surface area contributed by atoms with Crippen LogP contribution in [0.2, 0.25) is 0 Å². The Morgan fingerprint density at radius 1 is 1.36 bits per heavy atom. The summed E-state index contributed by atoms with van der Waals surface area (Å²) in [5, 5.41) is 4.86. The van der Waals surface area contributed by atoms with E-state index in [9.17, 15) is 4.79 Å². The lowest BCUT2D eigenvalue weighted by molar-refractivity contribution is 0.0937. The third kappa shape index (κ3) is 3.17. The quantitative estimate of drug-likeness (QED) is 0.936. The van der Waals surface area contributed by atoms with Crippen LogP contribution >= 0.6 is 11.3 Å². The van der Waals surface area contributed by atoms with E-state index in [1.54, 1.807) is 0 Å². The second-order valence-electron chi connectivity index (χ2n) is 6.70. The maximum atomic E-state index is 12.0. The van der Waals surface area contributed by atoms with Crippen LogP contribution in [0, 0.1) is 0 Å². The molecule has 0 spiro atoms. The van der Waals surface area contributed by atoms with Crippen LogP contribution in [-0.2, 0) is 11.8 Å². The van der Waals surface area contributed by atoms with Crippen LogP contribution in [0.15, 0.2) is 35.7 Å². The summed E-state index contributed by atoms with van der Waals surface area (Å²) in [6.45, 7) is 7.17. The Kier molecular flexibility index (Phi) is 3.96. The van der Waals surface area contributed by atoms with Gasteiger partial charge in [0.15, 0.2) is 0 Å². The molecule has 1 aromatic carbocycles. The van der Waals surface area contributed by atoms with Crippen molar-refractivity contribution in [1.82, 2.24) is 5.32 Å². The van der Waals surface area contributed by atoms with Gasteiger partial charge < -0.3 is 10.1 Å². The predicted molar refractivity (Wildman–Crippen MR) is 89.9 cm³/mol. The third-order valence-electron chi connectivity index (χ3n) is 3.90. The molecule has 0 saturated carbocycles. The van der Waals surface area contributed by atoms with Crippen molar-refractivity contribution < 1.29 is 9.53 Å². The lowest BCUT2D eigenvalue weighted by Crippen LogP contribution is -2.34. The van der Waals surface area contributed by atoms with Crippen LogP contribution < -0.4 is 10.1 Å². The van der Waals surface area contributed by atoms with Crippen molar-refractivity contribution in [2.45, 2.75) is 38.7 Å². The van der Waals surface area contributed by atoms with Gasteiger partial charge in [0.2, 0.25) is 0 Å². The Bertz CT molecular complexity index is 671. The molecule has 1 aromatic heterocycles. The van der Waals surface area contributed by atoms with Gasteiger partial charge >= 0.3 is 0 Å². The molecule has 3 nitrogen and oxygen atoms in total. The number of ether oxygens (including phenoxy) is 1. The molecule has 1 unspecified atom stereocenters. The minimum Gasteiger partial charge on any atom is -0.488 e. The molecule has 2 heterocycles. The lowest BCUT2D eigenvalue weighted by atomic mass is 9.86. The number of hydrogen-bond donors (Lipinski definition) is 1. The number of amides is 1. The Labute approximate surface area is 135 Å². The van der Waals surface area contributed by atoms with Crippen molar-refractivity contribution in [3.8, 4) is 5.75 Å². The van der Waals surface area contributed by atoms with Gasteiger partial charge in [0, 0.05) is 6.42 Å². The molecular weight excluding hydrogens is 294 g/mol. The van der Waals surface area contributed by atoms with Gasteiger partial charge in [-0.2, -0.15) is 0 Å². The Morgan fingerprint density at radius 2 is 2.18 bits per heavy atom. The maximum Gasteiger partial charge on any atom is 0.261 e. The van der Waals surface area contributed by atoms with Crippen molar-refractivity contribution in [1.29, 1.82) is 0 Å². The Balaban J connectivity index is 1.61. The summed E-state index contributed by atoms with van der Waals surface area (Å²) < 4.78 is 5.93. The number of benzene rings is 1. The molecule has 1 aliphatic heterocycles. The van der Waals surface area contributed by atoms with Gasteiger partial charge in [-0.25, -0.2) is 0 Å². The van der Waals surface area contributed by atoms with E-state index in [-0.39, 0.29) is 17.4 Å². The van der Waals surface area contributed by atoms with Crippen LogP contribution in [0.25, 0.3) is 0 Å². The highest BCUT2D eigenvalue weighted by atomic mass is 32.1. The number of nitrogens with one attached hydrogen (secondary N) is 1. The minimum atomic E-state index is -0.0232. The average molecular weight is 315 g/mol. The first kappa shape index (κ1) is 15.1. The maximum absolute atomic E-state index is 12.0. The third-order valence-corrected chi connectivity index (χ3v) is 4.77. The van der Waals surface area contributed by atoms with Crippen molar-refractivity contribution >= 4 is 17.2 Å². The van der Waals surface area contributed by atoms with Gasteiger partial charge in [0.05, 0.1) is 11.4 Å². The van der Waals surface area contributed by atoms with Gasteiger partial charge in [-0.3, -0.25) is 4.79 Å². The lowest BCUT2D eigenvalue weighted by Gasteiger charge is -2.19. The Hall–Kier alpha value is -1.81. The second kappa shape index (κ2) is 5.76. The zero-order chi connectivity index (χ0) is 15.7. The summed E-state index contributed by atoms with van der Waals surface area (Å²) in [5.74, 6) is 0.924. The van der Waals surface area contributed by atoms with Crippen molar-refractivity contribution in [2.75, 3.05) is 6.54 Å². The molecule has 1 N–H and O–H groups in total. The highest BCUT2D eigenvalue weighted by molar-refractivity contribution is 7.12. The largest absolute Gasteiger partial charge is 0.488 e. The smallest absolute Gasteiger partial charge is 0.261 e. The summed E-state index contributed by atoms with van der Waals surface area (Å²) >= 11 is 1.45. The number of carbonyl (C=O) groups excluding carboxylic acids is 1. The molecule has 0 bridgehead atoms. The normalized spacial score (nSPS) is 17.0. The minimum absolute atomic E-state index is 0.0223. The van der Waals surface area contributed by atoms with E-state index in [4.69, 9.17) is 4.74 Å². The fraction of sp³-hybridized carbons (Fsp3) is 0.389. The van der Waals surface area contributed by atoms with Crippen LogP contribution in [0.1, 0.15) is 41.6 Å². The summed E-state index contributed by atoms with van der Waals surface area (Å²) in [6, 6.07) is 10.1. The highest BCUT2D eigenvalue weighted by Gasteiger charge is 2.25. The van der Waals surface area contributed by atoms with Crippen LogP contribution in [0.4, 0.5) is 0 Å². The predicted octanol–water partition coefficient (Wildman–Crippen LogP) is 3.78. The average Bonchev–Trinajstić information content (AvgIpc) is 3.11. The van der Waals surface area contributed by atoms with Crippen LogP contribution in [0.5, 0.6) is 5.75 Å². The van der Waals surface area contributed by atoms with Gasteiger partial charge in [-0.15, -0.1) is 11.3 Å². The number of thiophene rings is 1. The highest BCUT2D eigenvalue weighted by Crippen LogP contribution is 2.33. The fourth-order valence-electron chi connectivity index (χ4n) is 2.60. The van der Waals surface area contributed by atoms with Crippen LogP contribution in [0.3, 0.4) is 0 Å². The first-order valence-electron chi connectivity index (χ1n) is 7.55. The molecule has 0 aliphatic carbocycles. The standard InChI is InChI=1S/C18H21NO2S/c1-18(2,3)13-6-7-15-12(9-13)10-14(21-15)11-19-17(20)16-5-4-8-22-16/h4-9,14H,10-11H2,1-3H3,(H,19,20). The van der Waals surface area contributed by atoms with Gasteiger partial charge in [0.25, 0.3) is 5.91 Å². The molecule has 1 aliphatic rings. The summed E-state index contributed by atoms with van der Waals surface area (Å²) in [4.78, 5) is 12.7. The summed E-state index contributed by atoms with van der Waals surface area (Å²) in [6.07, 6.45) is 0.874. The second-order valence-corrected chi connectivity index (χ2v) is 7.65. The molecule has 2 aromatic rings. The molecule has 116 valence electrons. The topological polar surface area (TPSA) is 38.3 Å². The number of rotatable bonds is 3. The monoisotopic (exact) mass is 315 g/mol. The van der Waals surface area contributed by atoms with Crippen molar-refractivity contribution in [2.24, 2.45) is 0 Å². The number of hydrogen-bond acceptors (Lipinski definition) is 3. The van der Waals surface area contributed by atoms with E-state index in [0.717, 1.165) is 17.0 Å². The Morgan fingerprint density at radius 3 is 2.86 bits per heavy atom. The first-order chi connectivity index (χ1) is 10.4. The molecule has 22 heavy (non-hydrogen) atoms. The zero-order valence-electron chi connectivity index (χ0n) is 13.2. The van der Waals surface area contributed by atoms with Gasteiger partial charge in [0.1, 0.15) is 11.9 Å². The number of carbonyl (C=O) groups is 1. The molecule has 1 amide bonds. The summed E-state index contributed by atoms with van der Waals surface area (Å²) in [7, 11) is 0. The van der Waals surface area contributed by atoms with Crippen molar-refractivity contribution in [3.63, 3.8) is 0 Å². The van der Waals surface area contributed by atoms with E-state index in [2.05, 4.69) is 44.3 Å². The molecule has 3 rings (SSSR count). The first-order valence-corrected chi connectivity index (χ1v) is 8.43. The van der Waals surface area contributed by atoms with E-state index < -0.39 is 0 Å². The van der Waals surface area contributed by atoms with E-state index in [1.807, 2.05) is 17.5 Å². The molecule has 1 atom stereocenters. The zero-order valence-corrected chi connectivity index (χ0v) is 14.0. The van der Waals surface area contributed by atoms with Crippen molar-refractivity contribution in [3.05, 3.63) is 51.7 Å². The fourth-order valence-corrected chi connectivity index (χ4v) is 3.24.